The monoisotopic (exact) mass is 263 g/mol. The van der Waals surface area contributed by atoms with Gasteiger partial charge in [-0.15, -0.1) is 0 Å². The molecule has 1 fully saturated rings. The molecule has 3 unspecified atom stereocenters. The second-order valence-electron chi connectivity index (χ2n) is 5.19. The third kappa shape index (κ3) is 2.13. The van der Waals surface area contributed by atoms with Gasteiger partial charge in [0.1, 0.15) is 5.84 Å². The standard InChI is InChI=1S/C14H18ClN3/c15-11-4-2-1-3-10(11)14-17-12-6-5-9(8-16)7-13(12)18-14/h1-4,9,12-13H,5-8,16H2,(H,17,18). The number of nitrogens with two attached hydrogens (primary N) is 1. The van der Waals surface area contributed by atoms with Crippen LogP contribution in [-0.2, 0) is 0 Å². The Labute approximate surface area is 112 Å². The Balaban J connectivity index is 1.80. The van der Waals surface area contributed by atoms with Gasteiger partial charge < -0.3 is 11.1 Å². The quantitative estimate of drug-likeness (QED) is 0.859. The molecule has 1 aromatic rings. The van der Waals surface area contributed by atoms with Gasteiger partial charge in [0.15, 0.2) is 0 Å². The van der Waals surface area contributed by atoms with E-state index in [0.717, 1.165) is 35.8 Å². The number of amidine groups is 1. The molecule has 0 saturated heterocycles. The van der Waals surface area contributed by atoms with E-state index in [1.165, 1.54) is 6.42 Å². The SMILES string of the molecule is NCC1CCC2N=C(c3ccccc3Cl)NC2C1. The molecule has 3 nitrogen and oxygen atoms in total. The van der Waals surface area contributed by atoms with Crippen molar-refractivity contribution < 1.29 is 0 Å². The first kappa shape index (κ1) is 12.0. The first-order valence-corrected chi connectivity index (χ1v) is 6.95. The molecule has 0 aromatic heterocycles. The Kier molecular flexibility index (Phi) is 3.27. The summed E-state index contributed by atoms with van der Waals surface area (Å²) in [5.74, 6) is 1.59. The highest BCUT2D eigenvalue weighted by Gasteiger charge is 2.35. The Morgan fingerprint density at radius 1 is 1.33 bits per heavy atom. The molecule has 0 bridgehead atoms. The van der Waals surface area contributed by atoms with Gasteiger partial charge in [0.2, 0.25) is 0 Å². The van der Waals surface area contributed by atoms with Crippen molar-refractivity contribution in [3.63, 3.8) is 0 Å². The number of hydrogen-bond donors (Lipinski definition) is 2. The summed E-state index contributed by atoms with van der Waals surface area (Å²) < 4.78 is 0. The average molecular weight is 264 g/mol. The van der Waals surface area contributed by atoms with E-state index in [0.29, 0.717) is 18.0 Å². The van der Waals surface area contributed by atoms with Crippen LogP contribution in [0, 0.1) is 5.92 Å². The first-order valence-electron chi connectivity index (χ1n) is 6.57. The van der Waals surface area contributed by atoms with E-state index in [1.807, 2.05) is 24.3 Å². The minimum Gasteiger partial charge on any atom is -0.365 e. The number of nitrogens with one attached hydrogen (secondary N) is 1. The Morgan fingerprint density at radius 2 is 2.17 bits per heavy atom. The molecule has 1 heterocycles. The van der Waals surface area contributed by atoms with Crippen LogP contribution in [0.15, 0.2) is 29.3 Å². The summed E-state index contributed by atoms with van der Waals surface area (Å²) in [6.45, 7) is 0.784. The van der Waals surface area contributed by atoms with Crippen molar-refractivity contribution in [3.05, 3.63) is 34.9 Å². The largest absolute Gasteiger partial charge is 0.365 e. The van der Waals surface area contributed by atoms with Crippen LogP contribution in [0.25, 0.3) is 0 Å². The molecule has 2 aliphatic rings. The fourth-order valence-electron chi connectivity index (χ4n) is 2.94. The molecule has 0 amide bonds. The number of nitrogens with zero attached hydrogens (tertiary/aromatic N) is 1. The summed E-state index contributed by atoms with van der Waals surface area (Å²) >= 11 is 6.22. The van der Waals surface area contributed by atoms with E-state index < -0.39 is 0 Å². The van der Waals surface area contributed by atoms with Crippen molar-refractivity contribution in [2.75, 3.05) is 6.54 Å². The van der Waals surface area contributed by atoms with Gasteiger partial charge >= 0.3 is 0 Å². The van der Waals surface area contributed by atoms with Crippen molar-refractivity contribution in [3.8, 4) is 0 Å². The maximum absolute atomic E-state index is 6.22. The van der Waals surface area contributed by atoms with Crippen molar-refractivity contribution in [1.29, 1.82) is 0 Å². The molecule has 18 heavy (non-hydrogen) atoms. The van der Waals surface area contributed by atoms with Crippen molar-refractivity contribution in [2.24, 2.45) is 16.6 Å². The van der Waals surface area contributed by atoms with Crippen molar-refractivity contribution >= 4 is 17.4 Å². The molecule has 4 heteroatoms. The molecule has 96 valence electrons. The zero-order chi connectivity index (χ0) is 12.5. The molecular formula is C14H18ClN3. The molecule has 3 N–H and O–H groups in total. The van der Waals surface area contributed by atoms with E-state index in [-0.39, 0.29) is 0 Å². The van der Waals surface area contributed by atoms with E-state index in [1.54, 1.807) is 0 Å². The maximum atomic E-state index is 6.22. The molecule has 1 aliphatic heterocycles. The second-order valence-corrected chi connectivity index (χ2v) is 5.60. The number of hydrogen-bond acceptors (Lipinski definition) is 3. The van der Waals surface area contributed by atoms with Gasteiger partial charge in [-0.05, 0) is 43.9 Å². The number of aliphatic imine (C=N–C) groups is 1. The molecule has 1 aliphatic carbocycles. The summed E-state index contributed by atoms with van der Waals surface area (Å²) in [6, 6.07) is 8.71. The summed E-state index contributed by atoms with van der Waals surface area (Å²) in [7, 11) is 0. The van der Waals surface area contributed by atoms with Crippen molar-refractivity contribution in [2.45, 2.75) is 31.3 Å². The number of fused-ring (bicyclic) bond motifs is 1. The zero-order valence-corrected chi connectivity index (χ0v) is 11.0. The maximum Gasteiger partial charge on any atom is 0.130 e. The Hall–Kier alpha value is -1.06. The van der Waals surface area contributed by atoms with Crippen LogP contribution >= 0.6 is 11.6 Å². The highest BCUT2D eigenvalue weighted by Crippen LogP contribution is 2.30. The van der Waals surface area contributed by atoms with Crippen LogP contribution in [-0.4, -0.2) is 24.5 Å². The molecule has 3 atom stereocenters. The lowest BCUT2D eigenvalue weighted by molar-refractivity contribution is 0.294. The van der Waals surface area contributed by atoms with Gasteiger partial charge in [-0.25, -0.2) is 0 Å². The molecule has 1 aromatic carbocycles. The summed E-state index contributed by atoms with van der Waals surface area (Å²) in [5.41, 5.74) is 6.78. The number of halogens is 1. The highest BCUT2D eigenvalue weighted by atomic mass is 35.5. The van der Waals surface area contributed by atoms with Gasteiger partial charge in [0.25, 0.3) is 0 Å². The first-order chi connectivity index (χ1) is 8.78. The topological polar surface area (TPSA) is 50.4 Å². The Bertz CT molecular complexity index is 472. The van der Waals surface area contributed by atoms with Crippen LogP contribution in [0.2, 0.25) is 5.02 Å². The van der Waals surface area contributed by atoms with Gasteiger partial charge in [-0.1, -0.05) is 23.7 Å². The average Bonchev–Trinajstić information content (AvgIpc) is 2.81. The van der Waals surface area contributed by atoms with Crippen LogP contribution < -0.4 is 11.1 Å². The van der Waals surface area contributed by atoms with E-state index in [2.05, 4.69) is 5.32 Å². The van der Waals surface area contributed by atoms with E-state index >= 15 is 0 Å². The summed E-state index contributed by atoms with van der Waals surface area (Å²) in [6.07, 6.45) is 3.45. The van der Waals surface area contributed by atoms with E-state index in [4.69, 9.17) is 22.3 Å². The highest BCUT2D eigenvalue weighted by molar-refractivity contribution is 6.34. The van der Waals surface area contributed by atoms with Crippen molar-refractivity contribution in [1.82, 2.24) is 5.32 Å². The smallest absolute Gasteiger partial charge is 0.130 e. The lowest BCUT2D eigenvalue weighted by Gasteiger charge is -2.29. The molecule has 0 radical (unpaired) electrons. The molecule has 1 saturated carbocycles. The van der Waals surface area contributed by atoms with Crippen LogP contribution in [0.3, 0.4) is 0 Å². The fourth-order valence-corrected chi connectivity index (χ4v) is 3.17. The van der Waals surface area contributed by atoms with Crippen LogP contribution in [0.1, 0.15) is 24.8 Å². The minimum atomic E-state index is 0.402. The summed E-state index contributed by atoms with van der Waals surface area (Å²) in [4.78, 5) is 4.79. The third-order valence-corrected chi connectivity index (χ3v) is 4.33. The molecule has 0 spiro atoms. The zero-order valence-electron chi connectivity index (χ0n) is 10.3. The predicted molar refractivity (Wildman–Crippen MR) is 75.1 cm³/mol. The van der Waals surface area contributed by atoms with Crippen LogP contribution in [0.5, 0.6) is 0 Å². The number of rotatable bonds is 2. The lowest BCUT2D eigenvalue weighted by atomic mass is 9.83. The Morgan fingerprint density at radius 3 is 2.94 bits per heavy atom. The number of benzene rings is 1. The lowest BCUT2D eigenvalue weighted by Crippen LogP contribution is -2.41. The van der Waals surface area contributed by atoms with Crippen LogP contribution in [0.4, 0.5) is 0 Å². The van der Waals surface area contributed by atoms with Gasteiger partial charge in [0, 0.05) is 5.56 Å². The normalized spacial score (nSPS) is 30.6. The second kappa shape index (κ2) is 4.90. The minimum absolute atomic E-state index is 0.402. The fraction of sp³-hybridized carbons (Fsp3) is 0.500. The van der Waals surface area contributed by atoms with Gasteiger partial charge in [-0.2, -0.15) is 0 Å². The van der Waals surface area contributed by atoms with Gasteiger partial charge in [0.05, 0.1) is 17.1 Å². The molecule has 3 rings (SSSR count). The van der Waals surface area contributed by atoms with Gasteiger partial charge in [-0.3, -0.25) is 4.99 Å². The third-order valence-electron chi connectivity index (χ3n) is 4.00. The van der Waals surface area contributed by atoms with E-state index in [9.17, 15) is 0 Å². The summed E-state index contributed by atoms with van der Waals surface area (Å²) in [5, 5.41) is 4.29. The predicted octanol–water partition coefficient (Wildman–Crippen LogP) is 2.19. The molecular weight excluding hydrogens is 246 g/mol.